The van der Waals surface area contributed by atoms with Crippen molar-refractivity contribution in [2.24, 2.45) is 0 Å². The Labute approximate surface area is 165 Å². The van der Waals surface area contributed by atoms with E-state index in [0.717, 1.165) is 29.7 Å². The summed E-state index contributed by atoms with van der Waals surface area (Å²) in [5, 5.41) is 2.94. The van der Waals surface area contributed by atoms with E-state index in [0.29, 0.717) is 30.2 Å². The molecular weight excluding hydrogens is 356 g/mol. The molecule has 0 spiro atoms. The van der Waals surface area contributed by atoms with E-state index in [2.05, 4.69) is 5.32 Å². The summed E-state index contributed by atoms with van der Waals surface area (Å²) in [5.41, 5.74) is 3.39. The molecule has 2 amide bonds. The lowest BCUT2D eigenvalue weighted by atomic mass is 10.1. The lowest BCUT2D eigenvalue weighted by Crippen LogP contribution is -2.42. The first-order chi connectivity index (χ1) is 13.3. The molecule has 6 heteroatoms. The highest BCUT2D eigenvalue weighted by molar-refractivity contribution is 6.00. The van der Waals surface area contributed by atoms with Gasteiger partial charge < -0.3 is 19.4 Å². The quantitative estimate of drug-likeness (QED) is 0.823. The van der Waals surface area contributed by atoms with Crippen molar-refractivity contribution in [1.29, 1.82) is 0 Å². The van der Waals surface area contributed by atoms with E-state index in [1.54, 1.807) is 24.8 Å². The third-order valence-corrected chi connectivity index (χ3v) is 5.22. The first-order valence-corrected chi connectivity index (χ1v) is 9.69. The number of anilines is 1. The summed E-state index contributed by atoms with van der Waals surface area (Å²) in [4.78, 5) is 27.4. The third kappa shape index (κ3) is 4.62. The van der Waals surface area contributed by atoms with Crippen molar-refractivity contribution in [1.82, 2.24) is 4.90 Å². The standard InChI is InChI=1S/C22H28N2O4/c1-14-7-5-9-20(16(14)3)23-21(25)13-24(12-18-8-6-10-27-18)22(26)19-11-15(2)28-17(19)4/h5,7,9,11,18H,6,8,10,12-13H2,1-4H3,(H,23,25)/t18-/m1/s1. The van der Waals surface area contributed by atoms with Gasteiger partial charge in [-0.05, 0) is 63.8 Å². The van der Waals surface area contributed by atoms with Crippen LogP contribution >= 0.6 is 0 Å². The van der Waals surface area contributed by atoms with Crippen LogP contribution in [-0.2, 0) is 9.53 Å². The van der Waals surface area contributed by atoms with Gasteiger partial charge in [0.1, 0.15) is 18.1 Å². The predicted molar refractivity (Wildman–Crippen MR) is 108 cm³/mol. The highest BCUT2D eigenvalue weighted by atomic mass is 16.5. The van der Waals surface area contributed by atoms with Crippen molar-refractivity contribution in [2.75, 3.05) is 25.0 Å². The van der Waals surface area contributed by atoms with E-state index in [4.69, 9.17) is 9.15 Å². The lowest BCUT2D eigenvalue weighted by molar-refractivity contribution is -0.117. The van der Waals surface area contributed by atoms with Crippen LogP contribution in [0, 0.1) is 27.7 Å². The fourth-order valence-electron chi connectivity index (χ4n) is 3.52. The number of aryl methyl sites for hydroxylation is 3. The molecule has 1 aliphatic heterocycles. The van der Waals surface area contributed by atoms with Crippen LogP contribution in [0.3, 0.4) is 0 Å². The molecule has 1 fully saturated rings. The van der Waals surface area contributed by atoms with Crippen LogP contribution in [0.1, 0.15) is 45.8 Å². The molecule has 6 nitrogen and oxygen atoms in total. The molecule has 1 aromatic heterocycles. The van der Waals surface area contributed by atoms with Gasteiger partial charge in [0.05, 0.1) is 11.7 Å². The Kier molecular flexibility index (Phi) is 6.19. The summed E-state index contributed by atoms with van der Waals surface area (Å²) in [6, 6.07) is 7.51. The number of carbonyl (C=O) groups is 2. The lowest BCUT2D eigenvalue weighted by Gasteiger charge is -2.25. The van der Waals surface area contributed by atoms with E-state index in [1.807, 2.05) is 32.0 Å². The summed E-state index contributed by atoms with van der Waals surface area (Å²) >= 11 is 0. The van der Waals surface area contributed by atoms with E-state index in [-0.39, 0.29) is 24.5 Å². The molecule has 0 bridgehead atoms. The second kappa shape index (κ2) is 8.61. The summed E-state index contributed by atoms with van der Waals surface area (Å²) in [6.07, 6.45) is 1.84. The van der Waals surface area contributed by atoms with Crippen LogP contribution < -0.4 is 5.32 Å². The summed E-state index contributed by atoms with van der Waals surface area (Å²) in [6.45, 7) is 8.60. The smallest absolute Gasteiger partial charge is 0.257 e. The number of benzene rings is 1. The molecule has 0 aliphatic carbocycles. The number of amides is 2. The van der Waals surface area contributed by atoms with Gasteiger partial charge in [-0.2, -0.15) is 0 Å². The predicted octanol–water partition coefficient (Wildman–Crippen LogP) is 3.77. The van der Waals surface area contributed by atoms with Crippen molar-refractivity contribution < 1.29 is 18.7 Å². The minimum atomic E-state index is -0.224. The topological polar surface area (TPSA) is 71.8 Å². The number of ether oxygens (including phenoxy) is 1. The average Bonchev–Trinajstić information content (AvgIpc) is 3.27. The van der Waals surface area contributed by atoms with Gasteiger partial charge in [-0.1, -0.05) is 12.1 Å². The molecule has 0 unspecified atom stereocenters. The van der Waals surface area contributed by atoms with Crippen molar-refractivity contribution >= 4 is 17.5 Å². The highest BCUT2D eigenvalue weighted by Gasteiger charge is 2.27. The van der Waals surface area contributed by atoms with Crippen molar-refractivity contribution in [2.45, 2.75) is 46.6 Å². The number of furan rings is 1. The first kappa shape index (κ1) is 20.1. The Morgan fingerprint density at radius 3 is 2.64 bits per heavy atom. The molecule has 0 radical (unpaired) electrons. The second-order valence-electron chi connectivity index (χ2n) is 7.44. The van der Waals surface area contributed by atoms with Gasteiger partial charge in [-0.25, -0.2) is 0 Å². The van der Waals surface area contributed by atoms with Gasteiger partial charge >= 0.3 is 0 Å². The minimum absolute atomic E-state index is 0.0320. The molecule has 1 atom stereocenters. The van der Waals surface area contributed by atoms with Crippen molar-refractivity contribution in [3.63, 3.8) is 0 Å². The van der Waals surface area contributed by atoms with E-state index >= 15 is 0 Å². The van der Waals surface area contributed by atoms with Gasteiger partial charge in [-0.15, -0.1) is 0 Å². The number of hydrogen-bond acceptors (Lipinski definition) is 4. The van der Waals surface area contributed by atoms with Gasteiger partial charge in [0.2, 0.25) is 5.91 Å². The molecular formula is C22H28N2O4. The fourth-order valence-corrected chi connectivity index (χ4v) is 3.52. The Morgan fingerprint density at radius 1 is 1.21 bits per heavy atom. The van der Waals surface area contributed by atoms with Crippen LogP contribution in [0.4, 0.5) is 5.69 Å². The molecule has 0 saturated carbocycles. The maximum absolute atomic E-state index is 13.1. The van der Waals surface area contributed by atoms with E-state index in [1.165, 1.54) is 0 Å². The molecule has 1 N–H and O–H groups in total. The van der Waals surface area contributed by atoms with Crippen LogP contribution in [0.25, 0.3) is 0 Å². The van der Waals surface area contributed by atoms with Gasteiger partial charge in [-0.3, -0.25) is 9.59 Å². The molecule has 28 heavy (non-hydrogen) atoms. The molecule has 3 rings (SSSR count). The van der Waals surface area contributed by atoms with Gasteiger partial charge in [0, 0.05) is 18.8 Å². The maximum atomic E-state index is 13.1. The zero-order valence-electron chi connectivity index (χ0n) is 17.0. The van der Waals surface area contributed by atoms with Crippen LogP contribution in [0.2, 0.25) is 0 Å². The summed E-state index contributed by atoms with van der Waals surface area (Å²) < 4.78 is 11.2. The first-order valence-electron chi connectivity index (χ1n) is 9.69. The third-order valence-electron chi connectivity index (χ3n) is 5.22. The largest absolute Gasteiger partial charge is 0.466 e. The van der Waals surface area contributed by atoms with Gasteiger partial charge in [0.25, 0.3) is 5.91 Å². The second-order valence-corrected chi connectivity index (χ2v) is 7.44. The Bertz CT molecular complexity index is 865. The zero-order valence-corrected chi connectivity index (χ0v) is 17.0. The van der Waals surface area contributed by atoms with Crippen LogP contribution in [0.15, 0.2) is 28.7 Å². The number of nitrogens with one attached hydrogen (secondary N) is 1. The minimum Gasteiger partial charge on any atom is -0.466 e. The molecule has 1 aliphatic rings. The summed E-state index contributed by atoms with van der Waals surface area (Å²) in [7, 11) is 0. The average molecular weight is 384 g/mol. The van der Waals surface area contributed by atoms with Gasteiger partial charge in [0.15, 0.2) is 0 Å². The molecule has 2 heterocycles. The summed E-state index contributed by atoms with van der Waals surface area (Å²) in [5.74, 6) is 0.811. The van der Waals surface area contributed by atoms with Crippen molar-refractivity contribution in [3.05, 3.63) is 52.5 Å². The zero-order chi connectivity index (χ0) is 20.3. The monoisotopic (exact) mass is 384 g/mol. The fraction of sp³-hybridized carbons (Fsp3) is 0.455. The van der Waals surface area contributed by atoms with Crippen LogP contribution in [0.5, 0.6) is 0 Å². The highest BCUT2D eigenvalue weighted by Crippen LogP contribution is 2.20. The number of carbonyl (C=O) groups excluding carboxylic acids is 2. The maximum Gasteiger partial charge on any atom is 0.257 e. The van der Waals surface area contributed by atoms with E-state index < -0.39 is 0 Å². The Balaban J connectivity index is 1.76. The SMILES string of the molecule is Cc1cc(C(=O)N(CC(=O)Nc2cccc(C)c2C)C[C@H]2CCCO2)c(C)o1. The molecule has 150 valence electrons. The number of rotatable bonds is 6. The Morgan fingerprint density at radius 2 is 2.00 bits per heavy atom. The van der Waals surface area contributed by atoms with Crippen LogP contribution in [-0.4, -0.2) is 42.5 Å². The molecule has 1 saturated heterocycles. The van der Waals surface area contributed by atoms with E-state index in [9.17, 15) is 9.59 Å². The normalized spacial score (nSPS) is 16.2. The molecule has 2 aromatic rings. The Hall–Kier alpha value is -2.60. The van der Waals surface area contributed by atoms with Crippen molar-refractivity contribution in [3.8, 4) is 0 Å². The molecule has 1 aromatic carbocycles. The number of hydrogen-bond donors (Lipinski definition) is 1. The number of nitrogens with zero attached hydrogens (tertiary/aromatic N) is 1.